The highest BCUT2D eigenvalue weighted by atomic mass is 79.9. The van der Waals surface area contributed by atoms with E-state index in [1.807, 2.05) is 42.5 Å². The maximum absolute atomic E-state index is 14.5. The van der Waals surface area contributed by atoms with Gasteiger partial charge in [-0.1, -0.05) is 70.0 Å². The number of alkyl halides is 3. The molecule has 3 fully saturated rings. The number of aromatic hydroxyl groups is 1. The van der Waals surface area contributed by atoms with E-state index in [0.717, 1.165) is 10.4 Å². The number of phenols is 1. The zero-order valence-electron chi connectivity index (χ0n) is 26.1. The summed E-state index contributed by atoms with van der Waals surface area (Å²) in [5.41, 5.74) is 3.61. The standard InChI is InChI=1S/C38H26BrCl2N3O6/c39-18-43-35(48)37(40)17-26-24(31(38(37,41)36(43)49)23-15-16-28(45)22-6-2-1-5-21(22)23)13-14-25-30(26)34(47)44(33(25)46)20-11-9-19(10-12-20)32-42-27-7-3-4-8-29(27)50-32/h1-13,15-16,25-26,30-31,45H,14,17-18H2. The zero-order chi connectivity index (χ0) is 34.7. The Morgan fingerprint density at radius 2 is 1.58 bits per heavy atom. The highest BCUT2D eigenvalue weighted by Crippen LogP contribution is 2.66. The number of carbonyl (C=O) groups excluding carboxylic acids is 4. The van der Waals surface area contributed by atoms with Crippen molar-refractivity contribution in [3.63, 3.8) is 0 Å². The summed E-state index contributed by atoms with van der Waals surface area (Å²) in [6.07, 6.45) is 2.02. The Labute approximate surface area is 303 Å². The second-order valence-corrected chi connectivity index (χ2v) is 15.0. The van der Waals surface area contributed by atoms with Crippen molar-refractivity contribution in [3.8, 4) is 17.2 Å². The van der Waals surface area contributed by atoms with Crippen LogP contribution >= 0.6 is 39.1 Å². The monoisotopic (exact) mass is 769 g/mol. The number of halogens is 3. The van der Waals surface area contributed by atoms with E-state index in [0.29, 0.717) is 44.6 Å². The van der Waals surface area contributed by atoms with E-state index in [1.54, 1.807) is 42.5 Å². The van der Waals surface area contributed by atoms with Crippen molar-refractivity contribution < 1.29 is 28.7 Å². The minimum atomic E-state index is -1.94. The van der Waals surface area contributed by atoms with Gasteiger partial charge in [-0.25, -0.2) is 4.98 Å². The molecule has 50 heavy (non-hydrogen) atoms. The summed E-state index contributed by atoms with van der Waals surface area (Å²) in [5, 5.41) is 11.9. The largest absolute Gasteiger partial charge is 0.507 e. The van der Waals surface area contributed by atoms with Gasteiger partial charge in [-0.15, -0.1) is 23.2 Å². The Hall–Kier alpha value is -4.51. The van der Waals surface area contributed by atoms with E-state index in [4.69, 9.17) is 27.6 Å². The smallest absolute Gasteiger partial charge is 0.254 e. The van der Waals surface area contributed by atoms with Crippen molar-refractivity contribution in [3.05, 3.63) is 102 Å². The zero-order valence-corrected chi connectivity index (χ0v) is 29.2. The molecule has 6 atom stereocenters. The number of nitrogens with zero attached hydrogens (tertiary/aromatic N) is 3. The predicted molar refractivity (Wildman–Crippen MR) is 191 cm³/mol. The molecular formula is C38H26BrCl2N3O6. The molecule has 1 N–H and O–H groups in total. The Morgan fingerprint density at radius 1 is 0.860 bits per heavy atom. The summed E-state index contributed by atoms with van der Waals surface area (Å²) >= 11 is 18.1. The van der Waals surface area contributed by atoms with Crippen LogP contribution in [0.3, 0.4) is 0 Å². The third-order valence-electron chi connectivity index (χ3n) is 10.9. The normalized spacial score (nSPS) is 29.1. The van der Waals surface area contributed by atoms with Crippen molar-refractivity contribution in [2.45, 2.75) is 28.5 Å². The van der Waals surface area contributed by atoms with E-state index >= 15 is 0 Å². The topological polar surface area (TPSA) is 121 Å². The highest BCUT2D eigenvalue weighted by Gasteiger charge is 2.76. The van der Waals surface area contributed by atoms with Crippen LogP contribution in [0.15, 0.2) is 101 Å². The van der Waals surface area contributed by atoms with E-state index < -0.39 is 51.1 Å². The first-order chi connectivity index (χ1) is 24.1. The first kappa shape index (κ1) is 31.5. The van der Waals surface area contributed by atoms with Gasteiger partial charge in [0.1, 0.15) is 11.3 Å². The Morgan fingerprint density at radius 3 is 2.32 bits per heavy atom. The van der Waals surface area contributed by atoms with Gasteiger partial charge in [-0.2, -0.15) is 0 Å². The quantitative estimate of drug-likeness (QED) is 0.0884. The predicted octanol–water partition coefficient (Wildman–Crippen LogP) is 7.27. The molecule has 4 aliphatic rings. The number of oxazole rings is 1. The minimum Gasteiger partial charge on any atom is -0.507 e. The number of anilines is 1. The lowest BCUT2D eigenvalue weighted by atomic mass is 9.56. The summed E-state index contributed by atoms with van der Waals surface area (Å²) in [6.45, 7) is 0. The fourth-order valence-corrected chi connectivity index (χ4v) is 10.1. The maximum Gasteiger partial charge on any atom is 0.254 e. The molecule has 1 aromatic heterocycles. The van der Waals surface area contributed by atoms with Crippen molar-refractivity contribution in [1.29, 1.82) is 0 Å². The third kappa shape index (κ3) is 4.04. The fourth-order valence-electron chi connectivity index (χ4n) is 8.66. The van der Waals surface area contributed by atoms with Crippen LogP contribution in [0.1, 0.15) is 24.3 Å². The van der Waals surface area contributed by atoms with Gasteiger partial charge in [0, 0.05) is 16.9 Å². The number of imide groups is 2. The number of carbonyl (C=O) groups is 4. The molecule has 2 saturated heterocycles. The van der Waals surface area contributed by atoms with E-state index in [9.17, 15) is 24.3 Å². The lowest BCUT2D eigenvalue weighted by molar-refractivity contribution is -0.138. The molecular weight excluding hydrogens is 745 g/mol. The molecule has 4 aromatic carbocycles. The van der Waals surface area contributed by atoms with Crippen LogP contribution in [0, 0.1) is 17.8 Å². The number of phenolic OH excluding ortho intramolecular Hbond substituents is 1. The molecule has 9 nitrogen and oxygen atoms in total. The average molecular weight is 771 g/mol. The third-order valence-corrected chi connectivity index (χ3v) is 12.8. The molecule has 4 amide bonds. The molecule has 2 aliphatic carbocycles. The molecule has 12 heteroatoms. The first-order valence-electron chi connectivity index (χ1n) is 16.1. The molecule has 250 valence electrons. The maximum atomic E-state index is 14.5. The SMILES string of the molecule is O=C1C2CC=C3C(CC4(Cl)C(=O)N(CBr)C(=O)C4(Cl)C3c3ccc(O)c4ccccc34)C2C(=O)N1c1ccc(-c2nc3ccccc3o2)cc1. The van der Waals surface area contributed by atoms with Gasteiger partial charge < -0.3 is 9.52 Å². The van der Waals surface area contributed by atoms with Gasteiger partial charge in [0.05, 0.1) is 23.0 Å². The second-order valence-electron chi connectivity index (χ2n) is 13.3. The number of para-hydroxylation sites is 2. The highest BCUT2D eigenvalue weighted by molar-refractivity contribution is 9.09. The number of amides is 4. The molecule has 9 rings (SSSR count). The molecule has 0 radical (unpaired) electrons. The lowest BCUT2D eigenvalue weighted by Crippen LogP contribution is -2.60. The van der Waals surface area contributed by atoms with Crippen LogP contribution in [0.4, 0.5) is 5.69 Å². The molecule has 0 bridgehead atoms. The fraction of sp³-hybridized carbons (Fsp3) is 0.237. The molecule has 6 unspecified atom stereocenters. The number of allylic oxidation sites excluding steroid dienone is 2. The molecule has 2 aliphatic heterocycles. The van der Waals surface area contributed by atoms with Crippen LogP contribution in [-0.2, 0) is 19.2 Å². The Kier molecular flexibility index (Phi) is 6.92. The molecule has 3 heterocycles. The number of hydrogen-bond acceptors (Lipinski definition) is 7. The van der Waals surface area contributed by atoms with Crippen LogP contribution in [0.5, 0.6) is 5.75 Å². The van der Waals surface area contributed by atoms with Crippen LogP contribution in [0.25, 0.3) is 33.3 Å². The van der Waals surface area contributed by atoms with Gasteiger partial charge in [0.25, 0.3) is 11.8 Å². The molecule has 1 saturated carbocycles. The number of hydrogen-bond donors (Lipinski definition) is 1. The summed E-state index contributed by atoms with van der Waals surface area (Å²) < 4.78 is 5.90. The van der Waals surface area contributed by atoms with Gasteiger partial charge in [0.15, 0.2) is 15.3 Å². The molecule has 5 aromatic rings. The minimum absolute atomic E-state index is 0.0420. The summed E-state index contributed by atoms with van der Waals surface area (Å²) in [6, 6.07) is 24.7. The first-order valence-corrected chi connectivity index (χ1v) is 18.0. The number of aromatic nitrogens is 1. The van der Waals surface area contributed by atoms with Gasteiger partial charge in [-0.05, 0) is 72.2 Å². The van der Waals surface area contributed by atoms with E-state index in [-0.39, 0.29) is 30.0 Å². The number of benzene rings is 4. The van der Waals surface area contributed by atoms with Crippen LogP contribution in [0.2, 0.25) is 0 Å². The average Bonchev–Trinajstić information content (AvgIpc) is 3.72. The van der Waals surface area contributed by atoms with E-state index in [2.05, 4.69) is 20.9 Å². The van der Waals surface area contributed by atoms with Gasteiger partial charge in [0.2, 0.25) is 17.7 Å². The van der Waals surface area contributed by atoms with Crippen molar-refractivity contribution in [1.82, 2.24) is 9.88 Å². The van der Waals surface area contributed by atoms with Gasteiger partial charge >= 0.3 is 0 Å². The number of likely N-dealkylation sites (tertiary alicyclic amines) is 1. The number of rotatable bonds is 4. The Bertz CT molecular complexity index is 2330. The van der Waals surface area contributed by atoms with Crippen molar-refractivity contribution in [2.24, 2.45) is 17.8 Å². The van der Waals surface area contributed by atoms with E-state index in [1.165, 1.54) is 11.0 Å². The van der Waals surface area contributed by atoms with Crippen LogP contribution in [-0.4, -0.2) is 53.8 Å². The summed E-state index contributed by atoms with van der Waals surface area (Å²) in [4.78, 5) is 59.7. The lowest BCUT2D eigenvalue weighted by Gasteiger charge is -2.51. The number of fused-ring (bicyclic) bond motifs is 6. The van der Waals surface area contributed by atoms with Crippen molar-refractivity contribution in [2.75, 3.05) is 10.4 Å². The Balaban J connectivity index is 1.14. The van der Waals surface area contributed by atoms with Gasteiger partial charge in [-0.3, -0.25) is 29.0 Å². The van der Waals surface area contributed by atoms with Crippen LogP contribution < -0.4 is 4.90 Å². The second kappa shape index (κ2) is 11.0. The molecule has 0 spiro atoms. The summed E-state index contributed by atoms with van der Waals surface area (Å²) in [5.74, 6) is -4.77. The van der Waals surface area contributed by atoms with Crippen molar-refractivity contribution >= 4 is 90.3 Å². The summed E-state index contributed by atoms with van der Waals surface area (Å²) in [7, 11) is 0.